The number of thiophene rings is 1. The summed E-state index contributed by atoms with van der Waals surface area (Å²) in [5, 5.41) is 7.89. The van der Waals surface area contributed by atoms with Crippen LogP contribution in [0.5, 0.6) is 0 Å². The number of fused-ring (bicyclic) bond motifs is 15. The first kappa shape index (κ1) is 26.4. The minimum atomic E-state index is -0.196. The van der Waals surface area contributed by atoms with Gasteiger partial charge in [0.2, 0.25) is 0 Å². The smallest absolute Gasteiger partial charge is 0.0644 e. The summed E-state index contributed by atoms with van der Waals surface area (Å²) < 4.78 is 7.75. The van der Waals surface area contributed by atoms with Crippen LogP contribution in [0, 0.1) is 0 Å². The van der Waals surface area contributed by atoms with Crippen molar-refractivity contribution in [2.45, 2.75) is 19.3 Å². The molecule has 7 aromatic carbocycles. The Balaban J connectivity index is 1.44. The first-order valence-corrected chi connectivity index (χ1v) is 17.5. The van der Waals surface area contributed by atoms with Crippen molar-refractivity contribution in [1.29, 1.82) is 0 Å². The van der Waals surface area contributed by atoms with E-state index in [4.69, 9.17) is 0 Å². The van der Waals surface area contributed by atoms with Crippen LogP contribution in [0.25, 0.3) is 86.3 Å². The van der Waals surface area contributed by atoms with Gasteiger partial charge in [0, 0.05) is 64.1 Å². The molecule has 0 atom stereocenters. The Morgan fingerprint density at radius 1 is 0.479 bits per heavy atom. The van der Waals surface area contributed by atoms with Crippen LogP contribution in [0.4, 0.5) is 0 Å². The summed E-state index contributed by atoms with van der Waals surface area (Å²) in [6.07, 6.45) is 0. The molecule has 0 N–H and O–H groups in total. The van der Waals surface area contributed by atoms with Crippen molar-refractivity contribution < 1.29 is 0 Å². The second kappa shape index (κ2) is 9.25. The van der Waals surface area contributed by atoms with Crippen molar-refractivity contribution in [1.82, 2.24) is 9.13 Å². The van der Waals surface area contributed by atoms with Gasteiger partial charge in [-0.1, -0.05) is 111 Å². The van der Waals surface area contributed by atoms with E-state index in [1.165, 1.54) is 97.4 Å². The van der Waals surface area contributed by atoms with Gasteiger partial charge in [0.25, 0.3) is 0 Å². The standard InChI is InChI=1S/C45H30N2S/c1-45(2)34-20-10-6-17-30(34)39-42(45)40-31-18-7-11-21-35(31)47(28-24-25-38-33(26-28)29-16-9-13-23-37(29)48-38)44(40)41-32-19-8-12-22-36(32)46(43(39)41)27-14-4-3-5-15-27/h3-26H,1-2H3. The molecule has 3 aromatic heterocycles. The van der Waals surface area contributed by atoms with Gasteiger partial charge >= 0.3 is 0 Å². The van der Waals surface area contributed by atoms with Gasteiger partial charge in [-0.3, -0.25) is 0 Å². The predicted molar refractivity (Wildman–Crippen MR) is 206 cm³/mol. The third-order valence-electron chi connectivity index (χ3n) is 10.9. The van der Waals surface area contributed by atoms with E-state index in [0.29, 0.717) is 0 Å². The third kappa shape index (κ3) is 3.22. The van der Waals surface area contributed by atoms with Gasteiger partial charge in [-0.25, -0.2) is 0 Å². The number of rotatable bonds is 2. The lowest BCUT2D eigenvalue weighted by molar-refractivity contribution is 0.667. The summed E-state index contributed by atoms with van der Waals surface area (Å²) in [6.45, 7) is 4.85. The summed E-state index contributed by atoms with van der Waals surface area (Å²) in [4.78, 5) is 0. The maximum Gasteiger partial charge on any atom is 0.0644 e. The second-order valence-corrected chi connectivity index (χ2v) is 14.8. The van der Waals surface area contributed by atoms with E-state index >= 15 is 0 Å². The highest BCUT2D eigenvalue weighted by Gasteiger charge is 2.41. The summed E-state index contributed by atoms with van der Waals surface area (Å²) in [5.74, 6) is 0. The van der Waals surface area contributed by atoms with Crippen LogP contribution in [0.15, 0.2) is 146 Å². The van der Waals surface area contributed by atoms with Crippen molar-refractivity contribution >= 4 is 75.1 Å². The number of nitrogens with zero attached hydrogens (tertiary/aromatic N) is 2. The highest BCUT2D eigenvalue weighted by molar-refractivity contribution is 7.25. The van der Waals surface area contributed by atoms with Gasteiger partial charge in [0.15, 0.2) is 0 Å². The Morgan fingerprint density at radius 2 is 1.08 bits per heavy atom. The highest BCUT2D eigenvalue weighted by atomic mass is 32.1. The molecular weight excluding hydrogens is 601 g/mol. The van der Waals surface area contributed by atoms with Crippen molar-refractivity contribution in [3.05, 3.63) is 157 Å². The SMILES string of the molecule is CC1(C)c2ccccc2-c2c1c1c3ccccc3n(-c3ccc4sc5ccccc5c4c3)c1c1c3ccccc3n(-c3ccccc3)c21. The molecule has 11 rings (SSSR count). The number of para-hydroxylation sites is 3. The Hall–Kier alpha value is -5.64. The lowest BCUT2D eigenvalue weighted by Crippen LogP contribution is -2.15. The molecule has 48 heavy (non-hydrogen) atoms. The van der Waals surface area contributed by atoms with Gasteiger partial charge in [-0.15, -0.1) is 11.3 Å². The Morgan fingerprint density at radius 3 is 1.88 bits per heavy atom. The summed E-state index contributed by atoms with van der Waals surface area (Å²) >= 11 is 1.88. The third-order valence-corrected chi connectivity index (χ3v) is 12.0. The van der Waals surface area contributed by atoms with Crippen LogP contribution in [0.2, 0.25) is 0 Å². The zero-order valence-corrected chi connectivity index (χ0v) is 27.5. The molecule has 226 valence electrons. The first-order chi connectivity index (χ1) is 23.6. The van der Waals surface area contributed by atoms with E-state index in [9.17, 15) is 0 Å². The van der Waals surface area contributed by atoms with E-state index in [-0.39, 0.29) is 5.41 Å². The molecule has 1 aliphatic rings. The molecule has 0 bridgehead atoms. The number of hydrogen-bond donors (Lipinski definition) is 0. The summed E-state index contributed by atoms with van der Waals surface area (Å²) in [5.41, 5.74) is 12.7. The molecule has 0 saturated carbocycles. The summed E-state index contributed by atoms with van der Waals surface area (Å²) in [7, 11) is 0. The molecule has 0 fully saturated rings. The topological polar surface area (TPSA) is 9.86 Å². The van der Waals surface area contributed by atoms with Crippen LogP contribution in [0.3, 0.4) is 0 Å². The highest BCUT2D eigenvalue weighted by Crippen LogP contribution is 2.58. The van der Waals surface area contributed by atoms with Gasteiger partial charge in [0.1, 0.15) is 0 Å². The molecule has 3 heterocycles. The lowest BCUT2D eigenvalue weighted by Gasteiger charge is -2.23. The maximum absolute atomic E-state index is 2.57. The van der Waals surface area contributed by atoms with Crippen LogP contribution >= 0.6 is 11.3 Å². The molecule has 10 aromatic rings. The molecular formula is C45H30N2S. The minimum absolute atomic E-state index is 0.196. The summed E-state index contributed by atoms with van der Waals surface area (Å²) in [6, 6.07) is 54.0. The fourth-order valence-corrected chi connectivity index (χ4v) is 10.0. The fraction of sp³-hybridized carbons (Fsp3) is 0.0667. The minimum Gasteiger partial charge on any atom is -0.309 e. The van der Waals surface area contributed by atoms with E-state index in [1.807, 2.05) is 11.3 Å². The molecule has 0 spiro atoms. The van der Waals surface area contributed by atoms with Crippen LogP contribution in [-0.2, 0) is 5.41 Å². The molecule has 0 unspecified atom stereocenters. The normalized spacial score (nSPS) is 13.8. The molecule has 0 amide bonds. The van der Waals surface area contributed by atoms with Crippen LogP contribution < -0.4 is 0 Å². The van der Waals surface area contributed by atoms with Crippen LogP contribution in [0.1, 0.15) is 25.0 Å². The van der Waals surface area contributed by atoms with Gasteiger partial charge in [-0.05, 0) is 65.2 Å². The zero-order valence-electron chi connectivity index (χ0n) is 26.7. The Bertz CT molecular complexity index is 2970. The monoisotopic (exact) mass is 630 g/mol. The molecule has 0 radical (unpaired) electrons. The number of benzene rings is 7. The van der Waals surface area contributed by atoms with E-state index in [2.05, 4.69) is 169 Å². The van der Waals surface area contributed by atoms with Crippen molar-refractivity contribution in [2.24, 2.45) is 0 Å². The largest absolute Gasteiger partial charge is 0.309 e. The van der Waals surface area contributed by atoms with E-state index in [0.717, 1.165) is 0 Å². The Labute approximate surface area is 281 Å². The van der Waals surface area contributed by atoms with Crippen LogP contribution in [-0.4, -0.2) is 9.13 Å². The van der Waals surface area contributed by atoms with Crippen molar-refractivity contribution in [3.63, 3.8) is 0 Å². The molecule has 1 aliphatic carbocycles. The number of aromatic nitrogens is 2. The van der Waals surface area contributed by atoms with Gasteiger partial charge in [-0.2, -0.15) is 0 Å². The molecule has 0 aliphatic heterocycles. The number of hydrogen-bond acceptors (Lipinski definition) is 1. The molecule has 0 saturated heterocycles. The molecule has 2 nitrogen and oxygen atoms in total. The van der Waals surface area contributed by atoms with Gasteiger partial charge in [0.05, 0.1) is 22.1 Å². The maximum atomic E-state index is 2.57. The van der Waals surface area contributed by atoms with Gasteiger partial charge < -0.3 is 9.13 Å². The first-order valence-electron chi connectivity index (χ1n) is 16.7. The Kier molecular flexibility index (Phi) is 5.09. The van der Waals surface area contributed by atoms with E-state index in [1.54, 1.807) is 0 Å². The predicted octanol–water partition coefficient (Wildman–Crippen LogP) is 12.6. The van der Waals surface area contributed by atoms with Crippen molar-refractivity contribution in [2.75, 3.05) is 0 Å². The second-order valence-electron chi connectivity index (χ2n) is 13.7. The lowest BCUT2D eigenvalue weighted by atomic mass is 9.80. The zero-order chi connectivity index (χ0) is 31.7. The average molecular weight is 631 g/mol. The van der Waals surface area contributed by atoms with E-state index < -0.39 is 0 Å². The average Bonchev–Trinajstić information content (AvgIpc) is 3.84. The molecule has 3 heteroatoms. The van der Waals surface area contributed by atoms with Crippen molar-refractivity contribution in [3.8, 4) is 22.5 Å². The fourth-order valence-electron chi connectivity index (χ4n) is 8.92. The quantitative estimate of drug-likeness (QED) is 0.180.